The Morgan fingerprint density at radius 2 is 0.520 bits per heavy atom. The van der Waals surface area contributed by atoms with Crippen molar-refractivity contribution in [3.63, 3.8) is 0 Å². The van der Waals surface area contributed by atoms with Gasteiger partial charge in [-0.25, -0.2) is 9.13 Å². The number of aliphatic hydroxyl groups excluding tert-OH is 1. The first kappa shape index (κ1) is 96.1. The molecule has 0 bridgehead atoms. The first-order valence-corrected chi connectivity index (χ1v) is 44.0. The van der Waals surface area contributed by atoms with Crippen LogP contribution in [0, 0.1) is 11.8 Å². The number of esters is 4. The van der Waals surface area contributed by atoms with Gasteiger partial charge in [0.15, 0.2) is 12.2 Å². The summed E-state index contributed by atoms with van der Waals surface area (Å²) in [6.45, 7) is 9.62. The van der Waals surface area contributed by atoms with E-state index < -0.39 is 97.5 Å². The zero-order valence-corrected chi connectivity index (χ0v) is 65.9. The Hall–Kier alpha value is -1.94. The Bertz CT molecular complexity index is 1890. The van der Waals surface area contributed by atoms with Crippen LogP contribution in [0.15, 0.2) is 0 Å². The summed E-state index contributed by atoms with van der Waals surface area (Å²) in [4.78, 5) is 73.0. The Labute approximate surface area is 600 Å². The normalized spacial score (nSPS) is 14.2. The number of phosphoric acid groups is 2. The maximum atomic E-state index is 13.1. The number of ether oxygens (including phenoxy) is 4. The quantitative estimate of drug-likeness (QED) is 0.0222. The summed E-state index contributed by atoms with van der Waals surface area (Å²) in [5.74, 6) is -0.581. The molecule has 0 aliphatic carbocycles. The predicted octanol–water partition coefficient (Wildman–Crippen LogP) is 23.5. The van der Waals surface area contributed by atoms with E-state index in [2.05, 4.69) is 41.5 Å². The first-order chi connectivity index (χ1) is 47.4. The molecule has 0 spiro atoms. The average molecular weight is 1440 g/mol. The molecule has 98 heavy (non-hydrogen) atoms. The number of carbonyl (C=O) groups is 4. The van der Waals surface area contributed by atoms with Gasteiger partial charge in [-0.2, -0.15) is 0 Å². The third-order valence-electron chi connectivity index (χ3n) is 18.8. The van der Waals surface area contributed by atoms with Gasteiger partial charge in [-0.3, -0.25) is 37.3 Å². The van der Waals surface area contributed by atoms with Crippen LogP contribution >= 0.6 is 15.6 Å². The zero-order chi connectivity index (χ0) is 72.1. The second-order valence-corrected chi connectivity index (χ2v) is 32.1. The van der Waals surface area contributed by atoms with Crippen molar-refractivity contribution in [1.29, 1.82) is 0 Å². The summed E-state index contributed by atoms with van der Waals surface area (Å²) in [6.07, 6.45) is 59.6. The fourth-order valence-corrected chi connectivity index (χ4v) is 13.7. The summed E-state index contributed by atoms with van der Waals surface area (Å²) >= 11 is 0. The topological polar surface area (TPSA) is 237 Å². The number of aliphatic hydroxyl groups is 1. The molecule has 0 aromatic rings. The highest BCUT2D eigenvalue weighted by atomic mass is 31.2. The van der Waals surface area contributed by atoms with Gasteiger partial charge in [0.25, 0.3) is 0 Å². The van der Waals surface area contributed by atoms with E-state index in [4.69, 9.17) is 37.0 Å². The molecule has 582 valence electrons. The summed E-state index contributed by atoms with van der Waals surface area (Å²) in [5.41, 5.74) is 0. The predicted molar refractivity (Wildman–Crippen MR) is 400 cm³/mol. The van der Waals surface area contributed by atoms with Crippen LogP contribution in [0.25, 0.3) is 0 Å². The minimum atomic E-state index is -4.96. The van der Waals surface area contributed by atoms with Crippen LogP contribution in [0.3, 0.4) is 0 Å². The van der Waals surface area contributed by atoms with Crippen LogP contribution in [0.1, 0.15) is 414 Å². The molecule has 0 saturated heterocycles. The van der Waals surface area contributed by atoms with E-state index in [1.807, 2.05) is 0 Å². The summed E-state index contributed by atoms with van der Waals surface area (Å²) < 4.78 is 68.7. The SMILES string of the molecule is CCCCCCCCCCCCCCCCCCCCC(=O)O[C@H](COC(=O)CCCCCCCCCCCCCCCCC)COP(=O)(O)OC[C@@H](O)COP(=O)(O)OC[C@@H](COC(=O)CCCCCCCCCCC(C)C)OC(=O)CCCCCCCCCCCCC(C)CC. The highest BCUT2D eigenvalue weighted by Gasteiger charge is 2.30. The Kier molecular flexibility index (Phi) is 69.3. The van der Waals surface area contributed by atoms with Crippen molar-refractivity contribution in [3.8, 4) is 0 Å². The molecule has 3 unspecified atom stereocenters. The van der Waals surface area contributed by atoms with Crippen LogP contribution in [0.2, 0.25) is 0 Å². The van der Waals surface area contributed by atoms with Crippen LogP contribution < -0.4 is 0 Å². The molecule has 0 aliphatic rings. The standard InChI is InChI=1S/C79H154O17P2/c1-7-10-12-14-16-18-20-22-24-25-26-28-30-32-37-45-51-57-63-78(83)95-74(67-89-76(81)61-55-49-43-36-31-29-27-23-21-19-17-15-13-11-8-2)69-93-97(85,86)91-65-73(80)66-92-98(87,88)94-70-75(68-90-77(82)62-56-50-44-40-39-41-47-53-59-71(4)5)96-79(84)64-58-52-46-38-34-33-35-42-48-54-60-72(6)9-3/h71-75,80H,7-70H2,1-6H3,(H,85,86)(H,87,88)/t72?,73-,74-,75-/m1/s1. The second kappa shape index (κ2) is 70.7. The van der Waals surface area contributed by atoms with E-state index in [1.54, 1.807) is 0 Å². The molecular weight excluding hydrogens is 1280 g/mol. The van der Waals surface area contributed by atoms with Crippen molar-refractivity contribution in [3.05, 3.63) is 0 Å². The second-order valence-electron chi connectivity index (χ2n) is 29.2. The van der Waals surface area contributed by atoms with Gasteiger partial charge in [-0.15, -0.1) is 0 Å². The monoisotopic (exact) mass is 1440 g/mol. The molecule has 19 heteroatoms. The molecule has 3 N–H and O–H groups in total. The lowest BCUT2D eigenvalue weighted by Crippen LogP contribution is -2.30. The number of phosphoric ester groups is 2. The molecule has 6 atom stereocenters. The number of hydrogen-bond acceptors (Lipinski definition) is 15. The highest BCUT2D eigenvalue weighted by Crippen LogP contribution is 2.45. The molecule has 0 fully saturated rings. The van der Waals surface area contributed by atoms with Gasteiger partial charge >= 0.3 is 39.5 Å². The number of hydrogen-bond donors (Lipinski definition) is 3. The van der Waals surface area contributed by atoms with Crippen molar-refractivity contribution in [2.24, 2.45) is 11.8 Å². The number of carbonyl (C=O) groups excluding carboxylic acids is 4. The molecule has 0 saturated carbocycles. The fraction of sp³-hybridized carbons (Fsp3) is 0.949. The molecule has 0 rings (SSSR count). The van der Waals surface area contributed by atoms with Gasteiger partial charge < -0.3 is 33.8 Å². The lowest BCUT2D eigenvalue weighted by atomic mass is 9.99. The highest BCUT2D eigenvalue weighted by molar-refractivity contribution is 7.47. The molecule has 0 aromatic carbocycles. The Morgan fingerprint density at radius 3 is 0.776 bits per heavy atom. The average Bonchev–Trinajstić information content (AvgIpc) is 1.47. The summed E-state index contributed by atoms with van der Waals surface area (Å²) in [5, 5.41) is 10.6. The molecule has 0 heterocycles. The molecule has 0 aliphatic heterocycles. The third kappa shape index (κ3) is 71.1. The maximum absolute atomic E-state index is 13.1. The molecular formula is C79H154O17P2. The maximum Gasteiger partial charge on any atom is 0.472 e. The van der Waals surface area contributed by atoms with Crippen LogP contribution in [-0.4, -0.2) is 96.7 Å². The van der Waals surface area contributed by atoms with E-state index in [-0.39, 0.29) is 25.7 Å². The molecule has 0 radical (unpaired) electrons. The van der Waals surface area contributed by atoms with Crippen molar-refractivity contribution < 1.29 is 80.2 Å². The van der Waals surface area contributed by atoms with Crippen LogP contribution in [0.4, 0.5) is 0 Å². The Balaban J connectivity index is 5.26. The third-order valence-corrected chi connectivity index (χ3v) is 20.7. The lowest BCUT2D eigenvalue weighted by Gasteiger charge is -2.21. The lowest BCUT2D eigenvalue weighted by molar-refractivity contribution is -0.161. The van der Waals surface area contributed by atoms with Crippen molar-refractivity contribution in [1.82, 2.24) is 0 Å². The minimum Gasteiger partial charge on any atom is -0.462 e. The van der Waals surface area contributed by atoms with Crippen molar-refractivity contribution in [2.75, 3.05) is 39.6 Å². The number of unbranched alkanes of at least 4 members (excludes halogenated alkanes) is 47. The molecule has 0 aromatic heterocycles. The van der Waals surface area contributed by atoms with Gasteiger partial charge in [0.2, 0.25) is 0 Å². The van der Waals surface area contributed by atoms with E-state index in [1.165, 1.54) is 231 Å². The van der Waals surface area contributed by atoms with Gasteiger partial charge in [0.1, 0.15) is 19.3 Å². The smallest absolute Gasteiger partial charge is 0.462 e. The minimum absolute atomic E-state index is 0.106. The number of rotatable bonds is 78. The van der Waals surface area contributed by atoms with Gasteiger partial charge in [0.05, 0.1) is 26.4 Å². The van der Waals surface area contributed by atoms with E-state index >= 15 is 0 Å². The van der Waals surface area contributed by atoms with E-state index in [0.717, 1.165) is 102 Å². The van der Waals surface area contributed by atoms with Crippen LogP contribution in [0.5, 0.6) is 0 Å². The largest absolute Gasteiger partial charge is 0.472 e. The molecule has 0 amide bonds. The van der Waals surface area contributed by atoms with E-state index in [0.29, 0.717) is 25.7 Å². The first-order valence-electron chi connectivity index (χ1n) is 41.0. The Morgan fingerprint density at radius 1 is 0.296 bits per heavy atom. The zero-order valence-electron chi connectivity index (χ0n) is 64.1. The van der Waals surface area contributed by atoms with Gasteiger partial charge in [-0.05, 0) is 37.5 Å². The summed E-state index contributed by atoms with van der Waals surface area (Å²) in [7, 11) is -9.92. The fourth-order valence-electron chi connectivity index (χ4n) is 12.2. The summed E-state index contributed by atoms with van der Waals surface area (Å²) in [6, 6.07) is 0. The molecule has 17 nitrogen and oxygen atoms in total. The van der Waals surface area contributed by atoms with Gasteiger partial charge in [0, 0.05) is 25.7 Å². The van der Waals surface area contributed by atoms with Crippen molar-refractivity contribution in [2.45, 2.75) is 432 Å². The van der Waals surface area contributed by atoms with Gasteiger partial charge in [-0.1, -0.05) is 363 Å². The van der Waals surface area contributed by atoms with Crippen molar-refractivity contribution >= 4 is 39.5 Å². The van der Waals surface area contributed by atoms with Crippen LogP contribution in [-0.2, 0) is 65.4 Å². The van der Waals surface area contributed by atoms with E-state index in [9.17, 15) is 43.2 Å².